The summed E-state index contributed by atoms with van der Waals surface area (Å²) < 4.78 is 25.0. The number of ketones is 1. The number of hydrogen-bond donors (Lipinski definition) is 1. The molecule has 2 aliphatic rings. The zero-order chi connectivity index (χ0) is 24.5. The molecule has 1 aliphatic heterocycles. The lowest BCUT2D eigenvalue weighted by molar-refractivity contribution is -0.138. The Labute approximate surface area is 201 Å². The van der Waals surface area contributed by atoms with Crippen LogP contribution in [0, 0.1) is 19.8 Å². The van der Waals surface area contributed by atoms with Crippen molar-refractivity contribution < 1.29 is 18.0 Å². The molecule has 1 saturated heterocycles. The molecule has 0 unspecified atom stereocenters. The lowest BCUT2D eigenvalue weighted by Crippen LogP contribution is -2.51. The third-order valence-electron chi connectivity index (χ3n) is 7.16. The van der Waals surface area contributed by atoms with Crippen molar-refractivity contribution in [1.29, 1.82) is 0 Å². The minimum absolute atomic E-state index is 0.0487. The first-order valence-electron chi connectivity index (χ1n) is 12.0. The number of primary sulfonamides is 1. The number of nitrogens with zero attached hydrogens (tertiary/aromatic N) is 3. The van der Waals surface area contributed by atoms with Crippen molar-refractivity contribution in [3.63, 3.8) is 0 Å². The fourth-order valence-corrected chi connectivity index (χ4v) is 5.77. The molecule has 9 heteroatoms. The van der Waals surface area contributed by atoms with Gasteiger partial charge in [0.05, 0.1) is 11.4 Å². The molecule has 2 aromatic rings. The molecule has 1 aromatic carbocycles. The molecule has 2 N–H and O–H groups in total. The Kier molecular flexibility index (Phi) is 7.25. The van der Waals surface area contributed by atoms with Gasteiger partial charge in [-0.3, -0.25) is 14.5 Å². The predicted octanol–water partition coefficient (Wildman–Crippen LogP) is 2.65. The van der Waals surface area contributed by atoms with Crippen LogP contribution in [0.2, 0.25) is 0 Å². The number of amides is 1. The highest BCUT2D eigenvalue weighted by molar-refractivity contribution is 7.89. The van der Waals surface area contributed by atoms with Crippen LogP contribution in [-0.2, 0) is 14.8 Å². The Balaban J connectivity index is 1.39. The van der Waals surface area contributed by atoms with Crippen molar-refractivity contribution in [3.05, 3.63) is 47.3 Å². The summed E-state index contributed by atoms with van der Waals surface area (Å²) in [4.78, 5) is 30.1. The van der Waals surface area contributed by atoms with Gasteiger partial charge in [-0.05, 0) is 57.0 Å². The maximum atomic E-state index is 13.1. The van der Waals surface area contributed by atoms with Crippen LogP contribution in [0.1, 0.15) is 53.8 Å². The number of aryl methyl sites for hydroxylation is 1. The van der Waals surface area contributed by atoms with Gasteiger partial charge in [0, 0.05) is 54.7 Å². The molecular weight excluding hydrogens is 452 g/mol. The van der Waals surface area contributed by atoms with E-state index in [-0.39, 0.29) is 16.6 Å². The quantitative estimate of drug-likeness (QED) is 0.632. The topological polar surface area (TPSA) is 106 Å². The zero-order valence-corrected chi connectivity index (χ0v) is 20.8. The summed E-state index contributed by atoms with van der Waals surface area (Å²) in [6, 6.07) is 8.21. The molecule has 1 saturated carbocycles. The molecule has 4 rings (SSSR count). The van der Waals surface area contributed by atoms with Gasteiger partial charge >= 0.3 is 0 Å². The van der Waals surface area contributed by atoms with Gasteiger partial charge in [0.15, 0.2) is 5.78 Å². The number of sulfonamides is 1. The average molecular weight is 487 g/mol. The average Bonchev–Trinajstić information content (AvgIpc) is 3.13. The number of Topliss-reactive ketones (excluding diaryl/α,β-unsaturated/α-hetero) is 1. The molecule has 2 fully saturated rings. The Morgan fingerprint density at radius 2 is 1.59 bits per heavy atom. The van der Waals surface area contributed by atoms with E-state index in [2.05, 4.69) is 4.90 Å². The largest absolute Gasteiger partial charge is 0.340 e. The summed E-state index contributed by atoms with van der Waals surface area (Å²) in [5.41, 5.74) is 3.15. The van der Waals surface area contributed by atoms with E-state index in [1.54, 1.807) is 12.1 Å². The van der Waals surface area contributed by atoms with Gasteiger partial charge in [-0.25, -0.2) is 13.6 Å². The van der Waals surface area contributed by atoms with E-state index in [4.69, 9.17) is 5.14 Å². The number of carbonyl (C=O) groups excluding carboxylic acids is 2. The molecule has 1 aliphatic carbocycles. The summed E-state index contributed by atoms with van der Waals surface area (Å²) in [6.07, 6.45) is 5.57. The molecule has 0 atom stereocenters. The van der Waals surface area contributed by atoms with Gasteiger partial charge in [0.2, 0.25) is 15.9 Å². The van der Waals surface area contributed by atoms with E-state index in [0.29, 0.717) is 44.2 Å². The molecule has 0 spiro atoms. The van der Waals surface area contributed by atoms with Gasteiger partial charge in [-0.1, -0.05) is 19.3 Å². The molecular formula is C25H34N4O4S. The first kappa shape index (κ1) is 24.6. The van der Waals surface area contributed by atoms with Crippen molar-refractivity contribution >= 4 is 21.7 Å². The predicted molar refractivity (Wildman–Crippen MR) is 131 cm³/mol. The van der Waals surface area contributed by atoms with E-state index < -0.39 is 10.0 Å². The Morgan fingerprint density at radius 3 is 2.18 bits per heavy atom. The number of benzene rings is 1. The summed E-state index contributed by atoms with van der Waals surface area (Å²) in [7, 11) is -3.76. The molecule has 8 nitrogen and oxygen atoms in total. The molecule has 1 amide bonds. The molecule has 1 aromatic heterocycles. The number of aromatic nitrogens is 1. The normalized spacial score (nSPS) is 18.3. The molecule has 34 heavy (non-hydrogen) atoms. The van der Waals surface area contributed by atoms with Crippen molar-refractivity contribution in [1.82, 2.24) is 14.4 Å². The van der Waals surface area contributed by atoms with Gasteiger partial charge in [0.25, 0.3) is 0 Å². The Morgan fingerprint density at radius 1 is 0.971 bits per heavy atom. The van der Waals surface area contributed by atoms with E-state index >= 15 is 0 Å². The third-order valence-corrected chi connectivity index (χ3v) is 8.09. The zero-order valence-electron chi connectivity index (χ0n) is 20.0. The van der Waals surface area contributed by atoms with Gasteiger partial charge in [0.1, 0.15) is 0 Å². The minimum Gasteiger partial charge on any atom is -0.340 e. The minimum atomic E-state index is -3.76. The fourth-order valence-electron chi connectivity index (χ4n) is 5.25. The first-order valence-corrected chi connectivity index (χ1v) is 13.6. The fraction of sp³-hybridized carbons (Fsp3) is 0.520. The number of carbonyl (C=O) groups is 2. The second-order valence-electron chi connectivity index (χ2n) is 9.52. The highest BCUT2D eigenvalue weighted by Gasteiger charge is 2.29. The van der Waals surface area contributed by atoms with Gasteiger partial charge < -0.3 is 9.47 Å². The van der Waals surface area contributed by atoms with Crippen LogP contribution in [0.5, 0.6) is 0 Å². The van der Waals surface area contributed by atoms with E-state index in [9.17, 15) is 18.0 Å². The second kappa shape index (κ2) is 10.0. The lowest BCUT2D eigenvalue weighted by Gasteiger charge is -2.36. The van der Waals surface area contributed by atoms with Crippen LogP contribution in [0.4, 0.5) is 0 Å². The molecule has 0 radical (unpaired) electrons. The number of nitrogens with two attached hydrogens (primary N) is 1. The maximum Gasteiger partial charge on any atom is 0.238 e. The smallest absolute Gasteiger partial charge is 0.238 e. The highest BCUT2D eigenvalue weighted by Crippen LogP contribution is 2.26. The van der Waals surface area contributed by atoms with Crippen LogP contribution in [0.25, 0.3) is 5.69 Å². The summed E-state index contributed by atoms with van der Waals surface area (Å²) in [5.74, 6) is 0.529. The van der Waals surface area contributed by atoms with Crippen LogP contribution in [0.3, 0.4) is 0 Å². The third kappa shape index (κ3) is 5.26. The van der Waals surface area contributed by atoms with Crippen molar-refractivity contribution in [2.24, 2.45) is 11.1 Å². The lowest BCUT2D eigenvalue weighted by atomic mass is 9.88. The number of hydrogen-bond acceptors (Lipinski definition) is 5. The van der Waals surface area contributed by atoms with Crippen LogP contribution in [-0.4, -0.2) is 67.2 Å². The Bertz CT molecular complexity index is 1160. The number of piperazine rings is 1. The van der Waals surface area contributed by atoms with Crippen molar-refractivity contribution in [3.8, 4) is 5.69 Å². The summed E-state index contributed by atoms with van der Waals surface area (Å²) in [6.45, 7) is 6.91. The monoisotopic (exact) mass is 486 g/mol. The summed E-state index contributed by atoms with van der Waals surface area (Å²) in [5, 5.41) is 5.20. The molecule has 2 heterocycles. The number of rotatable bonds is 6. The van der Waals surface area contributed by atoms with Crippen molar-refractivity contribution in [2.75, 3.05) is 32.7 Å². The van der Waals surface area contributed by atoms with E-state index in [1.165, 1.54) is 18.6 Å². The molecule has 184 valence electrons. The second-order valence-corrected chi connectivity index (χ2v) is 11.1. The van der Waals surface area contributed by atoms with Crippen LogP contribution < -0.4 is 5.14 Å². The maximum absolute atomic E-state index is 13.1. The van der Waals surface area contributed by atoms with E-state index in [1.807, 2.05) is 29.4 Å². The van der Waals surface area contributed by atoms with Crippen LogP contribution >= 0.6 is 0 Å². The highest BCUT2D eigenvalue weighted by atomic mass is 32.2. The van der Waals surface area contributed by atoms with Crippen LogP contribution in [0.15, 0.2) is 35.2 Å². The summed E-state index contributed by atoms with van der Waals surface area (Å²) >= 11 is 0. The molecule has 0 bridgehead atoms. The Hall–Kier alpha value is -2.49. The van der Waals surface area contributed by atoms with Gasteiger partial charge in [-0.2, -0.15) is 0 Å². The van der Waals surface area contributed by atoms with E-state index in [0.717, 1.165) is 42.8 Å². The van der Waals surface area contributed by atoms with Crippen molar-refractivity contribution in [2.45, 2.75) is 50.8 Å². The first-order chi connectivity index (χ1) is 16.1. The SMILES string of the molecule is Cc1cc(C(=O)CN2CCN(C(=O)C3CCCCC3)CC2)c(C)n1-c1ccc(S(N)(=O)=O)cc1. The van der Waals surface area contributed by atoms with Gasteiger partial charge in [-0.15, -0.1) is 0 Å². The standard InChI is InChI=1S/C25H34N4O4S/c1-18-16-23(19(2)29(18)21-8-10-22(11-9-21)34(26,32)33)24(30)17-27-12-14-28(15-13-27)25(31)20-6-4-3-5-7-20/h8-11,16,20H,3-7,12-15,17H2,1-2H3,(H2,26,32,33).